The van der Waals surface area contributed by atoms with Gasteiger partial charge in [-0.25, -0.2) is 9.97 Å². The number of piperidine rings is 3. The van der Waals surface area contributed by atoms with Gasteiger partial charge in [0.15, 0.2) is 5.82 Å². The van der Waals surface area contributed by atoms with Crippen molar-refractivity contribution in [3.8, 4) is 11.3 Å². The lowest BCUT2D eigenvalue weighted by atomic mass is 9.73. The molecule has 10 heteroatoms. The Morgan fingerprint density at radius 1 is 0.980 bits per heavy atom. The molecule has 0 atom stereocenters. The van der Waals surface area contributed by atoms with Gasteiger partial charge in [0.25, 0.3) is 0 Å². The lowest BCUT2D eigenvalue weighted by Crippen LogP contribution is -2.58. The van der Waals surface area contributed by atoms with Crippen LogP contribution in [0.4, 0.5) is 11.5 Å². The van der Waals surface area contributed by atoms with Crippen LogP contribution in [0, 0.1) is 5.92 Å². The molecule has 0 bridgehead atoms. The van der Waals surface area contributed by atoms with Crippen molar-refractivity contribution in [2.75, 3.05) is 49.5 Å². The molecule has 266 valence electrons. The lowest BCUT2D eigenvalue weighted by Gasteiger charge is -2.48. The quantitative estimate of drug-likeness (QED) is 0.308. The third-order valence-corrected chi connectivity index (χ3v) is 13.0. The molecule has 3 saturated heterocycles. The molecule has 50 heavy (non-hydrogen) atoms. The molecular weight excluding hydrogens is 624 g/mol. The summed E-state index contributed by atoms with van der Waals surface area (Å²) in [5.74, 6) is 1.90. The summed E-state index contributed by atoms with van der Waals surface area (Å²) in [6, 6.07) is 10.3. The van der Waals surface area contributed by atoms with E-state index < -0.39 is 5.41 Å². The minimum Gasteiger partial charge on any atom is -0.366 e. The van der Waals surface area contributed by atoms with Crippen LogP contribution in [0.3, 0.4) is 0 Å². The molecule has 2 saturated carbocycles. The van der Waals surface area contributed by atoms with E-state index in [0.29, 0.717) is 50.4 Å². The molecule has 2 aromatic heterocycles. The third-order valence-electron chi connectivity index (χ3n) is 13.0. The number of rotatable bonds is 8. The first-order chi connectivity index (χ1) is 24.4. The first-order valence-corrected chi connectivity index (χ1v) is 19.7. The summed E-state index contributed by atoms with van der Waals surface area (Å²) in [5.41, 5.74) is 5.58. The number of nitrogens with one attached hydrogen (secondary N) is 2. The number of nitrogens with zero attached hydrogens (tertiary/aromatic N) is 6. The summed E-state index contributed by atoms with van der Waals surface area (Å²) in [7, 11) is 0. The molecule has 2 amide bonds. The third kappa shape index (κ3) is 5.70. The van der Waals surface area contributed by atoms with Crippen molar-refractivity contribution in [1.82, 2.24) is 29.7 Å². The molecule has 5 fully saturated rings. The Balaban J connectivity index is 1.03. The highest BCUT2D eigenvalue weighted by atomic mass is 16.2. The van der Waals surface area contributed by atoms with Crippen LogP contribution in [0.15, 0.2) is 30.6 Å². The van der Waals surface area contributed by atoms with Crippen LogP contribution in [0.5, 0.6) is 0 Å². The van der Waals surface area contributed by atoms with Crippen LogP contribution in [0.25, 0.3) is 22.3 Å². The topological polar surface area (TPSA) is 98.6 Å². The predicted octanol–water partition coefficient (Wildman–Crippen LogP) is 5.87. The van der Waals surface area contributed by atoms with Crippen molar-refractivity contribution in [2.45, 2.75) is 120 Å². The minimum atomic E-state index is -0.568. The number of aromatic nitrogens is 3. The van der Waals surface area contributed by atoms with Crippen LogP contribution in [-0.2, 0) is 15.0 Å². The van der Waals surface area contributed by atoms with Gasteiger partial charge in [0, 0.05) is 54.9 Å². The first-order valence-electron chi connectivity index (χ1n) is 19.7. The fourth-order valence-corrected chi connectivity index (χ4v) is 9.67. The molecule has 1 spiro atoms. The highest BCUT2D eigenvalue weighted by Crippen LogP contribution is 2.52. The van der Waals surface area contributed by atoms with Gasteiger partial charge in [-0.3, -0.25) is 9.59 Å². The Hall–Kier alpha value is -3.50. The zero-order valence-electron chi connectivity index (χ0n) is 30.0. The number of likely N-dealkylation sites (tertiary alicyclic amines) is 2. The van der Waals surface area contributed by atoms with Crippen molar-refractivity contribution in [3.63, 3.8) is 0 Å². The molecule has 2 N–H and O–H groups in total. The van der Waals surface area contributed by atoms with Gasteiger partial charge in [0.2, 0.25) is 11.8 Å². The maximum atomic E-state index is 14.9. The molecule has 0 unspecified atom stereocenters. The van der Waals surface area contributed by atoms with E-state index in [1.165, 1.54) is 45.2 Å². The zero-order valence-corrected chi connectivity index (χ0v) is 30.0. The van der Waals surface area contributed by atoms with Gasteiger partial charge < -0.3 is 29.9 Å². The number of hydrogen-bond donors (Lipinski definition) is 2. The Morgan fingerprint density at radius 2 is 1.74 bits per heavy atom. The SMILES string of the molecule is CC(C)n1cnc2cc(-c3ccc4c(c3)N([C@H]3C[C@@H](N5CCCCC5)C3)C(=O)C43CCN(C(=O)CC4CCNCC4)CC3)nc(NC3CC3)c21. The number of pyridine rings is 1. The van der Waals surface area contributed by atoms with Gasteiger partial charge in [0.1, 0.15) is 5.52 Å². The predicted molar refractivity (Wildman–Crippen MR) is 197 cm³/mol. The van der Waals surface area contributed by atoms with Gasteiger partial charge in [-0.05, 0) is 128 Å². The number of carbonyl (C=O) groups excluding carboxylic acids is 2. The molecule has 3 aromatic rings. The number of anilines is 2. The van der Waals surface area contributed by atoms with Crippen LogP contribution >= 0.6 is 0 Å². The lowest BCUT2D eigenvalue weighted by molar-refractivity contribution is -0.136. The summed E-state index contributed by atoms with van der Waals surface area (Å²) in [4.78, 5) is 45.3. The molecule has 1 aromatic carbocycles. The largest absolute Gasteiger partial charge is 0.366 e. The van der Waals surface area contributed by atoms with Gasteiger partial charge in [0.05, 0.1) is 23.0 Å². The molecule has 4 aliphatic heterocycles. The Morgan fingerprint density at radius 3 is 2.46 bits per heavy atom. The normalized spacial score (nSPS) is 25.8. The number of amides is 2. The summed E-state index contributed by atoms with van der Waals surface area (Å²) >= 11 is 0. The van der Waals surface area contributed by atoms with Gasteiger partial charge in [-0.15, -0.1) is 0 Å². The number of hydrogen-bond acceptors (Lipinski definition) is 7. The number of imidazole rings is 1. The van der Waals surface area contributed by atoms with Crippen LogP contribution in [0.2, 0.25) is 0 Å². The van der Waals surface area contributed by atoms with Crippen LogP contribution in [0.1, 0.15) is 103 Å². The van der Waals surface area contributed by atoms with Crippen molar-refractivity contribution >= 4 is 34.4 Å². The second kappa shape index (κ2) is 12.9. The van der Waals surface area contributed by atoms with Crippen molar-refractivity contribution in [3.05, 3.63) is 36.2 Å². The molecule has 0 radical (unpaired) electrons. The number of benzene rings is 1. The monoisotopic (exact) mass is 678 g/mol. The summed E-state index contributed by atoms with van der Waals surface area (Å²) in [6.45, 7) is 10.1. The summed E-state index contributed by atoms with van der Waals surface area (Å²) < 4.78 is 2.21. The fraction of sp³-hybridized carbons (Fsp3) is 0.650. The van der Waals surface area contributed by atoms with E-state index in [1.54, 1.807) is 0 Å². The maximum Gasteiger partial charge on any atom is 0.238 e. The van der Waals surface area contributed by atoms with Gasteiger partial charge >= 0.3 is 0 Å². The Bertz CT molecular complexity index is 1750. The van der Waals surface area contributed by atoms with Crippen molar-refractivity contribution in [2.24, 2.45) is 5.92 Å². The second-order valence-corrected chi connectivity index (χ2v) is 16.5. The van der Waals surface area contributed by atoms with E-state index in [9.17, 15) is 9.59 Å². The average molecular weight is 679 g/mol. The fourth-order valence-electron chi connectivity index (χ4n) is 9.67. The second-order valence-electron chi connectivity index (χ2n) is 16.5. The first kappa shape index (κ1) is 32.4. The Kier molecular flexibility index (Phi) is 8.38. The highest BCUT2D eigenvalue weighted by molar-refractivity contribution is 6.09. The summed E-state index contributed by atoms with van der Waals surface area (Å²) in [5, 5.41) is 7.12. The van der Waals surface area contributed by atoms with Crippen molar-refractivity contribution in [1.29, 1.82) is 0 Å². The minimum absolute atomic E-state index is 0.214. The molecule has 10 nitrogen and oxygen atoms in total. The number of carbonyl (C=O) groups is 2. The maximum absolute atomic E-state index is 14.9. The summed E-state index contributed by atoms with van der Waals surface area (Å²) in [6.07, 6.45) is 14.4. The van der Waals surface area contributed by atoms with E-state index in [2.05, 4.69) is 68.0 Å². The molecule has 9 rings (SSSR count). The van der Waals surface area contributed by atoms with E-state index >= 15 is 0 Å². The van der Waals surface area contributed by atoms with Crippen LogP contribution < -0.4 is 15.5 Å². The van der Waals surface area contributed by atoms with Gasteiger partial charge in [-0.2, -0.15) is 0 Å². The van der Waals surface area contributed by atoms with E-state index in [4.69, 9.17) is 9.97 Å². The zero-order chi connectivity index (χ0) is 34.0. The van der Waals surface area contributed by atoms with E-state index in [-0.39, 0.29) is 23.9 Å². The molecule has 6 heterocycles. The van der Waals surface area contributed by atoms with Gasteiger partial charge in [-0.1, -0.05) is 18.6 Å². The highest BCUT2D eigenvalue weighted by Gasteiger charge is 2.56. The standard InChI is InChI=1S/C40H54N8O2/c1-26(2)47-25-42-34-24-33(44-38(37(34)47)43-29-7-8-29)28-6-9-32-35(21-28)48(31-22-30(23-31)45-16-4-3-5-17-45)39(50)40(32)12-18-46(19-13-40)36(49)20-27-10-14-41-15-11-27/h6,9,21,24-27,29-31,41H,3-5,7-8,10-20,22-23H2,1-2H3,(H,43,44)/t30-,31+. The molecule has 6 aliphatic rings. The molecule has 2 aliphatic carbocycles. The smallest absolute Gasteiger partial charge is 0.238 e. The van der Waals surface area contributed by atoms with Crippen molar-refractivity contribution < 1.29 is 9.59 Å². The Labute approximate surface area is 296 Å². The van der Waals surface area contributed by atoms with Crippen LogP contribution in [-0.4, -0.2) is 93.5 Å². The van der Waals surface area contributed by atoms with E-state index in [0.717, 1.165) is 78.1 Å². The number of fused-ring (bicyclic) bond motifs is 3. The van der Waals surface area contributed by atoms with E-state index in [1.807, 2.05) is 6.33 Å². The average Bonchev–Trinajstić information content (AvgIpc) is 3.78. The molecular formula is C40H54N8O2.